The van der Waals surface area contributed by atoms with E-state index in [0.717, 1.165) is 15.7 Å². The van der Waals surface area contributed by atoms with E-state index >= 15 is 0 Å². The van der Waals surface area contributed by atoms with E-state index in [9.17, 15) is 14.7 Å². The molecule has 2 N–H and O–H groups in total. The number of phenolic OH excluding ortho intramolecular Hbond substituents is 1. The smallest absolute Gasteiger partial charge is 0.338 e. The minimum Gasteiger partial charge on any atom is -0.508 e. The van der Waals surface area contributed by atoms with Crippen LogP contribution in [0.15, 0.2) is 77.3 Å². The Kier molecular flexibility index (Phi) is 7.25. The van der Waals surface area contributed by atoms with Crippen LogP contribution >= 0.6 is 15.9 Å². The largest absolute Gasteiger partial charge is 0.508 e. The van der Waals surface area contributed by atoms with Crippen LogP contribution in [0.1, 0.15) is 45.7 Å². The van der Waals surface area contributed by atoms with Crippen molar-refractivity contribution >= 4 is 33.4 Å². The Labute approximate surface area is 183 Å². The summed E-state index contributed by atoms with van der Waals surface area (Å²) >= 11 is 3.44. The Morgan fingerprint density at radius 2 is 1.53 bits per heavy atom. The molecule has 3 aromatic carbocycles. The highest BCUT2D eigenvalue weighted by Crippen LogP contribution is 2.26. The zero-order chi connectivity index (χ0) is 21.5. The third-order valence-corrected chi connectivity index (χ3v) is 5.12. The molecule has 3 rings (SSSR count). The number of rotatable bonds is 8. The number of hydrogen-bond donors (Lipinski definition) is 2. The second-order valence-electron chi connectivity index (χ2n) is 6.72. The highest BCUT2D eigenvalue weighted by Gasteiger charge is 2.18. The maximum atomic E-state index is 12.8. The molecule has 30 heavy (non-hydrogen) atoms. The van der Waals surface area contributed by atoms with Gasteiger partial charge in [-0.1, -0.05) is 28.1 Å². The third-order valence-electron chi connectivity index (χ3n) is 4.59. The van der Waals surface area contributed by atoms with Gasteiger partial charge in [-0.2, -0.15) is 0 Å². The number of aromatic hydroxyl groups is 1. The summed E-state index contributed by atoms with van der Waals surface area (Å²) in [4.78, 5) is 24.7. The van der Waals surface area contributed by atoms with Crippen molar-refractivity contribution in [2.75, 3.05) is 11.9 Å². The predicted octanol–water partition coefficient (Wildman–Crippen LogP) is 5.76. The zero-order valence-electron chi connectivity index (χ0n) is 16.5. The maximum Gasteiger partial charge on any atom is 0.338 e. The van der Waals surface area contributed by atoms with E-state index in [1.807, 2.05) is 24.3 Å². The van der Waals surface area contributed by atoms with Gasteiger partial charge in [0.1, 0.15) is 5.75 Å². The van der Waals surface area contributed by atoms with Crippen LogP contribution in [-0.4, -0.2) is 23.5 Å². The summed E-state index contributed by atoms with van der Waals surface area (Å²) in [5.41, 5.74) is 2.76. The first kappa shape index (κ1) is 21.6. The molecule has 1 unspecified atom stereocenters. The second kappa shape index (κ2) is 10.1. The van der Waals surface area contributed by atoms with E-state index in [4.69, 9.17) is 4.74 Å². The third kappa shape index (κ3) is 5.70. The molecule has 0 fully saturated rings. The average Bonchev–Trinajstić information content (AvgIpc) is 2.75. The van der Waals surface area contributed by atoms with E-state index in [-0.39, 0.29) is 30.0 Å². The van der Waals surface area contributed by atoms with Gasteiger partial charge in [0, 0.05) is 22.1 Å². The van der Waals surface area contributed by atoms with E-state index in [2.05, 4.69) is 21.2 Å². The van der Waals surface area contributed by atoms with Gasteiger partial charge < -0.3 is 15.2 Å². The molecule has 5 nitrogen and oxygen atoms in total. The summed E-state index contributed by atoms with van der Waals surface area (Å²) in [7, 11) is 0. The van der Waals surface area contributed by atoms with Crippen LogP contribution in [0.2, 0.25) is 0 Å². The minimum atomic E-state index is -0.365. The molecule has 0 amide bonds. The van der Waals surface area contributed by atoms with Gasteiger partial charge in [-0.05, 0) is 73.2 Å². The topological polar surface area (TPSA) is 75.6 Å². The molecule has 0 saturated carbocycles. The van der Waals surface area contributed by atoms with Crippen molar-refractivity contribution in [1.82, 2.24) is 0 Å². The van der Waals surface area contributed by atoms with Crippen LogP contribution in [0.4, 0.5) is 5.69 Å². The second-order valence-corrected chi connectivity index (χ2v) is 7.64. The first-order chi connectivity index (χ1) is 14.5. The summed E-state index contributed by atoms with van der Waals surface area (Å²) in [5, 5.41) is 12.8. The molecule has 0 aliphatic heterocycles. The number of ketones is 1. The maximum absolute atomic E-state index is 12.8. The first-order valence-electron chi connectivity index (χ1n) is 9.57. The highest BCUT2D eigenvalue weighted by atomic mass is 79.9. The minimum absolute atomic E-state index is 0.0430. The summed E-state index contributed by atoms with van der Waals surface area (Å²) in [6, 6.07) is 20.7. The molecule has 0 heterocycles. The number of benzene rings is 3. The molecule has 0 aromatic heterocycles. The number of phenols is 1. The number of hydrogen-bond acceptors (Lipinski definition) is 5. The average molecular weight is 468 g/mol. The normalized spacial score (nSPS) is 11.5. The zero-order valence-corrected chi connectivity index (χ0v) is 18.1. The fourth-order valence-corrected chi connectivity index (χ4v) is 3.28. The number of Topliss-reactive ketones (excluding diaryl/α,β-unsaturated/α-hetero) is 1. The van der Waals surface area contributed by atoms with E-state index in [1.54, 1.807) is 43.3 Å². The van der Waals surface area contributed by atoms with Crippen molar-refractivity contribution in [2.45, 2.75) is 19.4 Å². The fraction of sp³-hybridized carbons (Fsp3) is 0.167. The number of carbonyl (C=O) groups is 2. The van der Waals surface area contributed by atoms with Crippen LogP contribution in [0, 0.1) is 0 Å². The van der Waals surface area contributed by atoms with Crippen molar-refractivity contribution in [2.24, 2.45) is 0 Å². The number of ether oxygens (including phenoxy) is 1. The Morgan fingerprint density at radius 3 is 2.13 bits per heavy atom. The van der Waals surface area contributed by atoms with Gasteiger partial charge in [-0.15, -0.1) is 0 Å². The Balaban J connectivity index is 1.81. The number of halogens is 1. The molecule has 0 bridgehead atoms. The molecule has 6 heteroatoms. The van der Waals surface area contributed by atoms with E-state index in [1.165, 1.54) is 12.1 Å². The van der Waals surface area contributed by atoms with Gasteiger partial charge in [-0.3, -0.25) is 4.79 Å². The lowest BCUT2D eigenvalue weighted by atomic mass is 9.97. The van der Waals surface area contributed by atoms with Crippen molar-refractivity contribution in [3.63, 3.8) is 0 Å². The predicted molar refractivity (Wildman–Crippen MR) is 120 cm³/mol. The van der Waals surface area contributed by atoms with E-state index in [0.29, 0.717) is 17.7 Å². The van der Waals surface area contributed by atoms with Gasteiger partial charge in [0.15, 0.2) is 5.78 Å². The van der Waals surface area contributed by atoms with Gasteiger partial charge >= 0.3 is 5.97 Å². The van der Waals surface area contributed by atoms with Crippen LogP contribution < -0.4 is 5.32 Å². The number of anilines is 1. The molecular weight excluding hydrogens is 446 g/mol. The van der Waals surface area contributed by atoms with Crippen LogP contribution in [0.5, 0.6) is 5.75 Å². The Hall–Kier alpha value is -3.12. The van der Waals surface area contributed by atoms with Gasteiger partial charge in [0.05, 0.1) is 18.2 Å². The quantitative estimate of drug-likeness (QED) is 0.325. The number of nitrogens with one attached hydrogen (secondary N) is 1. The molecule has 0 aliphatic rings. The Bertz CT molecular complexity index is 999. The summed E-state index contributed by atoms with van der Waals surface area (Å²) in [6.07, 6.45) is 0.228. The molecule has 0 spiro atoms. The van der Waals surface area contributed by atoms with Crippen LogP contribution in [-0.2, 0) is 4.74 Å². The molecule has 3 aromatic rings. The molecule has 0 aliphatic carbocycles. The van der Waals surface area contributed by atoms with Crippen LogP contribution in [0.3, 0.4) is 0 Å². The number of carbonyl (C=O) groups excluding carboxylic acids is 2. The summed E-state index contributed by atoms with van der Waals surface area (Å²) < 4.78 is 5.97. The lowest BCUT2D eigenvalue weighted by Gasteiger charge is -2.20. The van der Waals surface area contributed by atoms with Crippen molar-refractivity contribution in [1.29, 1.82) is 0 Å². The van der Waals surface area contributed by atoms with Gasteiger partial charge in [-0.25, -0.2) is 4.79 Å². The van der Waals surface area contributed by atoms with Crippen LogP contribution in [0.25, 0.3) is 0 Å². The summed E-state index contributed by atoms with van der Waals surface area (Å²) in [6.45, 7) is 2.09. The van der Waals surface area contributed by atoms with Gasteiger partial charge in [0.25, 0.3) is 0 Å². The lowest BCUT2D eigenvalue weighted by Crippen LogP contribution is -2.16. The molecule has 1 atom stereocenters. The number of esters is 1. The molecule has 0 saturated heterocycles. The monoisotopic (exact) mass is 467 g/mol. The fourth-order valence-electron chi connectivity index (χ4n) is 3.02. The first-order valence-corrected chi connectivity index (χ1v) is 10.4. The SMILES string of the molecule is CCOC(=O)c1ccc(NC(CC(=O)c2ccc(O)cc2)c2ccc(Br)cc2)cc1. The van der Waals surface area contributed by atoms with Crippen molar-refractivity contribution < 1.29 is 19.4 Å². The van der Waals surface area contributed by atoms with Crippen molar-refractivity contribution in [3.8, 4) is 5.75 Å². The van der Waals surface area contributed by atoms with Crippen molar-refractivity contribution in [3.05, 3.63) is 94.0 Å². The molecule has 0 radical (unpaired) electrons. The summed E-state index contributed by atoms with van der Waals surface area (Å²) in [5.74, 6) is -0.287. The Morgan fingerprint density at radius 1 is 0.933 bits per heavy atom. The lowest BCUT2D eigenvalue weighted by molar-refractivity contribution is 0.0526. The highest BCUT2D eigenvalue weighted by molar-refractivity contribution is 9.10. The van der Waals surface area contributed by atoms with E-state index < -0.39 is 0 Å². The standard InChI is InChI=1S/C24H22BrNO4/c1-2-30-24(29)18-5-11-20(12-6-18)26-22(16-3-9-19(25)10-4-16)15-23(28)17-7-13-21(27)14-8-17/h3-14,22,26-27H,2,15H2,1H3. The molecule has 154 valence electrons. The van der Waals surface area contributed by atoms with Gasteiger partial charge in [0.2, 0.25) is 0 Å². The molecular formula is C24H22BrNO4.